The van der Waals surface area contributed by atoms with E-state index >= 15 is 0 Å². The fourth-order valence-electron chi connectivity index (χ4n) is 2.28. The smallest absolute Gasteiger partial charge is 0.235 e. The van der Waals surface area contributed by atoms with Gasteiger partial charge >= 0.3 is 0 Å². The fourth-order valence-corrected chi connectivity index (χ4v) is 4.52. The van der Waals surface area contributed by atoms with Crippen LogP contribution in [-0.2, 0) is 0 Å². The zero-order valence-electron chi connectivity index (χ0n) is 12.0. The maximum Gasteiger partial charge on any atom is 0.235 e. The van der Waals surface area contributed by atoms with E-state index in [1.807, 2.05) is 13.8 Å². The molecular formula is C14H9BrFN5S2. The molecule has 4 aromatic rings. The van der Waals surface area contributed by atoms with E-state index in [0.29, 0.717) is 16.3 Å². The van der Waals surface area contributed by atoms with Crippen LogP contribution in [0, 0.1) is 19.7 Å². The van der Waals surface area contributed by atoms with Crippen molar-refractivity contribution in [2.24, 2.45) is 0 Å². The molecule has 0 aliphatic heterocycles. The topological polar surface area (TPSA) is 56.0 Å². The normalized spacial score (nSPS) is 11.5. The van der Waals surface area contributed by atoms with Crippen LogP contribution in [0.15, 0.2) is 22.7 Å². The van der Waals surface area contributed by atoms with Gasteiger partial charge in [-0.2, -0.15) is 9.61 Å². The van der Waals surface area contributed by atoms with Crippen LogP contribution in [0.5, 0.6) is 0 Å². The van der Waals surface area contributed by atoms with E-state index in [1.54, 1.807) is 28.0 Å². The molecule has 116 valence electrons. The maximum absolute atomic E-state index is 14.1. The number of aromatic nitrogens is 5. The highest BCUT2D eigenvalue weighted by Crippen LogP contribution is 2.34. The van der Waals surface area contributed by atoms with Gasteiger partial charge in [0.25, 0.3) is 0 Å². The summed E-state index contributed by atoms with van der Waals surface area (Å²) in [5, 5.41) is 14.6. The molecule has 9 heteroatoms. The summed E-state index contributed by atoms with van der Waals surface area (Å²) in [6.45, 7) is 3.92. The number of rotatable bonds is 2. The van der Waals surface area contributed by atoms with Gasteiger partial charge in [-0.1, -0.05) is 27.3 Å². The second-order valence-corrected chi connectivity index (χ2v) is 7.97. The standard InChI is InChI=1S/C14H9BrFN5S2/c1-6-11(22-7(2)17-6)13-20-21-12(18-19-14(21)23-13)9-5-8(15)3-4-10(9)16/h3-5H,1-2H3. The molecule has 0 N–H and O–H groups in total. The van der Waals surface area contributed by atoms with Crippen molar-refractivity contribution in [3.8, 4) is 21.3 Å². The number of halogens is 2. The SMILES string of the molecule is Cc1nc(C)c(-c2nn3c(-c4cc(Br)ccc4F)nnc3s2)s1. The average molecular weight is 410 g/mol. The minimum Gasteiger partial charge on any atom is -0.246 e. The molecule has 0 saturated heterocycles. The van der Waals surface area contributed by atoms with Crippen LogP contribution in [0.1, 0.15) is 10.7 Å². The Balaban J connectivity index is 1.90. The highest BCUT2D eigenvalue weighted by molar-refractivity contribution is 9.10. The number of nitrogens with zero attached hydrogens (tertiary/aromatic N) is 5. The molecular weight excluding hydrogens is 401 g/mol. The molecule has 0 radical (unpaired) electrons. The summed E-state index contributed by atoms with van der Waals surface area (Å²) in [4.78, 5) is 6.06. The van der Waals surface area contributed by atoms with Gasteiger partial charge < -0.3 is 0 Å². The minimum atomic E-state index is -0.359. The van der Waals surface area contributed by atoms with Crippen molar-refractivity contribution >= 4 is 43.6 Å². The highest BCUT2D eigenvalue weighted by atomic mass is 79.9. The Labute approximate surface area is 147 Å². The largest absolute Gasteiger partial charge is 0.246 e. The Hall–Kier alpha value is -1.71. The predicted octanol–water partition coefficient (Wildman–Crippen LogP) is 4.49. The van der Waals surface area contributed by atoms with Crippen molar-refractivity contribution < 1.29 is 4.39 Å². The first kappa shape index (κ1) is 14.9. The summed E-state index contributed by atoms with van der Waals surface area (Å²) in [6, 6.07) is 4.71. The summed E-state index contributed by atoms with van der Waals surface area (Å²) in [5.74, 6) is 0.0297. The van der Waals surface area contributed by atoms with E-state index in [4.69, 9.17) is 0 Å². The molecule has 0 amide bonds. The minimum absolute atomic E-state index is 0.359. The monoisotopic (exact) mass is 409 g/mol. The molecule has 3 aromatic heterocycles. The molecule has 4 rings (SSSR count). The zero-order valence-corrected chi connectivity index (χ0v) is 15.3. The van der Waals surface area contributed by atoms with Crippen molar-refractivity contribution in [1.82, 2.24) is 24.8 Å². The summed E-state index contributed by atoms with van der Waals surface area (Å²) in [6.07, 6.45) is 0. The van der Waals surface area contributed by atoms with Gasteiger partial charge in [-0.25, -0.2) is 9.37 Å². The second-order valence-electron chi connectivity index (χ2n) is 4.90. The summed E-state index contributed by atoms with van der Waals surface area (Å²) >= 11 is 6.36. The van der Waals surface area contributed by atoms with Crippen LogP contribution in [-0.4, -0.2) is 24.8 Å². The molecule has 0 spiro atoms. The summed E-state index contributed by atoms with van der Waals surface area (Å²) < 4.78 is 16.5. The van der Waals surface area contributed by atoms with Gasteiger partial charge in [-0.3, -0.25) is 0 Å². The van der Waals surface area contributed by atoms with Gasteiger partial charge in [0.1, 0.15) is 5.82 Å². The summed E-state index contributed by atoms with van der Waals surface area (Å²) in [5.41, 5.74) is 1.30. The van der Waals surface area contributed by atoms with E-state index in [0.717, 1.165) is 25.1 Å². The third kappa shape index (κ3) is 2.48. The van der Waals surface area contributed by atoms with Crippen molar-refractivity contribution in [2.45, 2.75) is 13.8 Å². The maximum atomic E-state index is 14.1. The van der Waals surface area contributed by atoms with Crippen LogP contribution in [0.25, 0.3) is 26.2 Å². The lowest BCUT2D eigenvalue weighted by atomic mass is 10.2. The summed E-state index contributed by atoms with van der Waals surface area (Å²) in [7, 11) is 0. The molecule has 1 aromatic carbocycles. The molecule has 0 saturated carbocycles. The lowest BCUT2D eigenvalue weighted by Crippen LogP contribution is -1.93. The van der Waals surface area contributed by atoms with Gasteiger partial charge in [0.05, 0.1) is 21.1 Å². The van der Waals surface area contributed by atoms with Crippen LogP contribution in [0.3, 0.4) is 0 Å². The Morgan fingerprint density at radius 1 is 1.17 bits per heavy atom. The molecule has 0 aliphatic carbocycles. The number of aryl methyl sites for hydroxylation is 2. The average Bonchev–Trinajstić information content (AvgIpc) is 3.15. The quantitative estimate of drug-likeness (QED) is 0.489. The van der Waals surface area contributed by atoms with Crippen molar-refractivity contribution in [1.29, 1.82) is 0 Å². The second kappa shape index (κ2) is 5.43. The van der Waals surface area contributed by atoms with Gasteiger partial charge in [0, 0.05) is 4.47 Å². The van der Waals surface area contributed by atoms with Gasteiger partial charge in [0.2, 0.25) is 4.96 Å². The van der Waals surface area contributed by atoms with Gasteiger partial charge in [-0.05, 0) is 32.0 Å². The first-order valence-corrected chi connectivity index (χ1v) is 9.07. The number of benzene rings is 1. The Morgan fingerprint density at radius 3 is 2.74 bits per heavy atom. The molecule has 3 heterocycles. The molecule has 5 nitrogen and oxygen atoms in total. The lowest BCUT2D eigenvalue weighted by molar-refractivity contribution is 0.629. The first-order chi connectivity index (χ1) is 11.0. The third-order valence-electron chi connectivity index (χ3n) is 3.26. The first-order valence-electron chi connectivity index (χ1n) is 6.65. The lowest BCUT2D eigenvalue weighted by Gasteiger charge is -2.00. The Morgan fingerprint density at radius 2 is 2.00 bits per heavy atom. The van der Waals surface area contributed by atoms with E-state index in [9.17, 15) is 4.39 Å². The number of thiazole rings is 1. The number of hydrogen-bond acceptors (Lipinski definition) is 6. The third-order valence-corrected chi connectivity index (χ3v) is 5.88. The van der Waals surface area contributed by atoms with Gasteiger partial charge in [0.15, 0.2) is 10.8 Å². The highest BCUT2D eigenvalue weighted by Gasteiger charge is 2.19. The zero-order chi connectivity index (χ0) is 16.1. The van der Waals surface area contributed by atoms with Crippen LogP contribution < -0.4 is 0 Å². The molecule has 0 unspecified atom stereocenters. The van der Waals surface area contributed by atoms with E-state index < -0.39 is 0 Å². The van der Waals surface area contributed by atoms with Gasteiger partial charge in [-0.15, -0.1) is 21.5 Å². The Kier molecular flexibility index (Phi) is 3.51. The molecule has 0 aliphatic rings. The fraction of sp³-hybridized carbons (Fsp3) is 0.143. The molecule has 0 fully saturated rings. The van der Waals surface area contributed by atoms with Crippen molar-refractivity contribution in [3.63, 3.8) is 0 Å². The van der Waals surface area contributed by atoms with Crippen LogP contribution in [0.2, 0.25) is 0 Å². The molecule has 0 bridgehead atoms. The van der Waals surface area contributed by atoms with E-state index in [-0.39, 0.29) is 5.82 Å². The van der Waals surface area contributed by atoms with E-state index in [1.165, 1.54) is 17.4 Å². The predicted molar refractivity (Wildman–Crippen MR) is 92.3 cm³/mol. The van der Waals surface area contributed by atoms with Crippen LogP contribution >= 0.6 is 38.6 Å². The molecule has 0 atom stereocenters. The van der Waals surface area contributed by atoms with Crippen LogP contribution in [0.4, 0.5) is 4.39 Å². The Bertz CT molecular complexity index is 1040. The van der Waals surface area contributed by atoms with Crippen molar-refractivity contribution in [2.75, 3.05) is 0 Å². The number of fused-ring (bicyclic) bond motifs is 1. The number of hydrogen-bond donors (Lipinski definition) is 0. The van der Waals surface area contributed by atoms with E-state index in [2.05, 4.69) is 36.2 Å². The van der Waals surface area contributed by atoms with Crippen molar-refractivity contribution in [3.05, 3.63) is 39.2 Å². The molecule has 23 heavy (non-hydrogen) atoms.